The maximum Gasteiger partial charge on any atom is 0.231 e. The number of benzene rings is 1. The molecule has 0 bridgehead atoms. The van der Waals surface area contributed by atoms with Crippen molar-refractivity contribution in [3.05, 3.63) is 46.9 Å². The highest BCUT2D eigenvalue weighted by molar-refractivity contribution is 7.14. The molecular formula is C21H19ClN4O4S. The Morgan fingerprint density at radius 3 is 2.74 bits per heavy atom. The van der Waals surface area contributed by atoms with Crippen LogP contribution in [0.3, 0.4) is 0 Å². The Bertz CT molecular complexity index is 1120. The van der Waals surface area contributed by atoms with Crippen molar-refractivity contribution < 1.29 is 19.1 Å². The van der Waals surface area contributed by atoms with Gasteiger partial charge in [-0.25, -0.2) is 4.98 Å². The second-order valence-electron chi connectivity index (χ2n) is 6.81. The van der Waals surface area contributed by atoms with Crippen molar-refractivity contribution in [2.24, 2.45) is 5.92 Å². The van der Waals surface area contributed by atoms with Gasteiger partial charge < -0.3 is 19.7 Å². The van der Waals surface area contributed by atoms with E-state index in [4.69, 9.17) is 21.1 Å². The SMILES string of the molecule is COc1cc(OC)c(N2C[C@@H](C(=O)Nc3nc(-c4ccccn4)cs3)CC2=O)cc1Cl. The van der Waals surface area contributed by atoms with E-state index in [1.807, 2.05) is 23.6 Å². The monoisotopic (exact) mass is 458 g/mol. The van der Waals surface area contributed by atoms with Crippen LogP contribution in [0.4, 0.5) is 10.8 Å². The van der Waals surface area contributed by atoms with Crippen LogP contribution in [0, 0.1) is 5.92 Å². The number of carbonyl (C=O) groups excluding carboxylic acids is 2. The number of ether oxygens (including phenoxy) is 2. The molecule has 1 atom stereocenters. The van der Waals surface area contributed by atoms with E-state index in [-0.39, 0.29) is 24.8 Å². The fourth-order valence-corrected chi connectivity index (χ4v) is 4.28. The molecular weight excluding hydrogens is 440 g/mol. The van der Waals surface area contributed by atoms with Gasteiger partial charge in [-0.15, -0.1) is 11.3 Å². The molecule has 0 radical (unpaired) electrons. The average molecular weight is 459 g/mol. The second kappa shape index (κ2) is 8.91. The van der Waals surface area contributed by atoms with Gasteiger partial charge in [0.05, 0.1) is 36.5 Å². The van der Waals surface area contributed by atoms with Gasteiger partial charge in [-0.1, -0.05) is 17.7 Å². The van der Waals surface area contributed by atoms with E-state index in [1.54, 1.807) is 18.3 Å². The summed E-state index contributed by atoms with van der Waals surface area (Å²) in [5.41, 5.74) is 1.91. The lowest BCUT2D eigenvalue weighted by atomic mass is 10.1. The van der Waals surface area contributed by atoms with E-state index in [2.05, 4.69) is 15.3 Å². The number of carbonyl (C=O) groups is 2. The smallest absolute Gasteiger partial charge is 0.231 e. The van der Waals surface area contributed by atoms with Crippen molar-refractivity contribution in [1.29, 1.82) is 0 Å². The van der Waals surface area contributed by atoms with Crippen LogP contribution >= 0.6 is 22.9 Å². The number of nitrogens with one attached hydrogen (secondary N) is 1. The van der Waals surface area contributed by atoms with Gasteiger partial charge in [0.25, 0.3) is 0 Å². The highest BCUT2D eigenvalue weighted by Gasteiger charge is 2.37. The molecule has 1 aliphatic rings. The third kappa shape index (κ3) is 4.33. The number of nitrogens with zero attached hydrogens (tertiary/aromatic N) is 3. The molecule has 10 heteroatoms. The van der Waals surface area contributed by atoms with Crippen LogP contribution in [0.5, 0.6) is 11.5 Å². The highest BCUT2D eigenvalue weighted by Crippen LogP contribution is 2.40. The van der Waals surface area contributed by atoms with E-state index in [0.717, 1.165) is 5.69 Å². The number of rotatable bonds is 6. The number of hydrogen-bond acceptors (Lipinski definition) is 7. The number of thiazole rings is 1. The van der Waals surface area contributed by atoms with Gasteiger partial charge in [-0.05, 0) is 18.2 Å². The average Bonchev–Trinajstić information content (AvgIpc) is 3.41. The topological polar surface area (TPSA) is 93.7 Å². The molecule has 1 N–H and O–H groups in total. The predicted octanol–water partition coefficient (Wildman–Crippen LogP) is 3.87. The zero-order chi connectivity index (χ0) is 22.0. The summed E-state index contributed by atoms with van der Waals surface area (Å²) in [7, 11) is 3.00. The van der Waals surface area contributed by atoms with Crippen molar-refractivity contribution in [3.63, 3.8) is 0 Å². The Kier molecular flexibility index (Phi) is 6.06. The molecule has 1 aliphatic heterocycles. The van der Waals surface area contributed by atoms with Gasteiger partial charge in [0, 0.05) is 30.6 Å². The van der Waals surface area contributed by atoms with Crippen LogP contribution < -0.4 is 19.7 Å². The van der Waals surface area contributed by atoms with E-state index < -0.39 is 5.92 Å². The summed E-state index contributed by atoms with van der Waals surface area (Å²) in [6.07, 6.45) is 1.77. The van der Waals surface area contributed by atoms with Gasteiger partial charge >= 0.3 is 0 Å². The molecule has 1 aromatic carbocycles. The molecule has 160 valence electrons. The summed E-state index contributed by atoms with van der Waals surface area (Å²) in [6, 6.07) is 8.77. The molecule has 3 aromatic rings. The first-order chi connectivity index (χ1) is 15.0. The van der Waals surface area contributed by atoms with Crippen LogP contribution in [0.2, 0.25) is 5.02 Å². The molecule has 0 unspecified atom stereocenters. The summed E-state index contributed by atoms with van der Waals surface area (Å²) in [4.78, 5) is 35.6. The molecule has 4 rings (SSSR count). The van der Waals surface area contributed by atoms with Crippen LogP contribution in [0.1, 0.15) is 6.42 Å². The van der Waals surface area contributed by atoms with Crippen LogP contribution in [0.25, 0.3) is 11.4 Å². The van der Waals surface area contributed by atoms with Crippen molar-refractivity contribution in [1.82, 2.24) is 9.97 Å². The number of hydrogen-bond donors (Lipinski definition) is 1. The van der Waals surface area contributed by atoms with Gasteiger partial charge in [-0.2, -0.15) is 0 Å². The van der Waals surface area contributed by atoms with E-state index in [0.29, 0.717) is 33.0 Å². The maximum atomic E-state index is 12.8. The van der Waals surface area contributed by atoms with Crippen molar-refractivity contribution in [2.75, 3.05) is 31.0 Å². The molecule has 3 heterocycles. The number of methoxy groups -OCH3 is 2. The molecule has 31 heavy (non-hydrogen) atoms. The molecule has 2 aromatic heterocycles. The normalized spacial score (nSPS) is 15.8. The summed E-state index contributed by atoms with van der Waals surface area (Å²) in [5.74, 6) is -0.101. The summed E-state index contributed by atoms with van der Waals surface area (Å²) >= 11 is 7.54. The molecule has 0 aliphatic carbocycles. The van der Waals surface area contributed by atoms with E-state index in [1.165, 1.54) is 30.5 Å². The Morgan fingerprint density at radius 1 is 1.23 bits per heavy atom. The fraction of sp³-hybridized carbons (Fsp3) is 0.238. The van der Waals surface area contributed by atoms with E-state index >= 15 is 0 Å². The van der Waals surface area contributed by atoms with Crippen molar-refractivity contribution in [3.8, 4) is 22.9 Å². The minimum Gasteiger partial charge on any atom is -0.495 e. The highest BCUT2D eigenvalue weighted by atomic mass is 35.5. The van der Waals surface area contributed by atoms with Gasteiger partial charge in [0.15, 0.2) is 5.13 Å². The van der Waals surface area contributed by atoms with Crippen LogP contribution in [-0.4, -0.2) is 42.5 Å². The van der Waals surface area contributed by atoms with Gasteiger partial charge in [0.2, 0.25) is 11.8 Å². The summed E-state index contributed by atoms with van der Waals surface area (Å²) in [6.45, 7) is 0.210. The third-order valence-corrected chi connectivity index (χ3v) is 5.95. The Balaban J connectivity index is 1.48. The number of amides is 2. The van der Waals surface area contributed by atoms with Gasteiger partial charge in [0.1, 0.15) is 17.2 Å². The minimum absolute atomic E-state index is 0.0805. The number of aromatic nitrogens is 2. The number of anilines is 2. The second-order valence-corrected chi connectivity index (χ2v) is 8.07. The third-order valence-electron chi connectivity index (χ3n) is 4.90. The Labute approximate surface area is 187 Å². The lowest BCUT2D eigenvalue weighted by molar-refractivity contribution is -0.122. The first kappa shape index (κ1) is 21.1. The molecule has 1 fully saturated rings. The minimum atomic E-state index is -0.528. The number of halogens is 1. The zero-order valence-corrected chi connectivity index (χ0v) is 18.4. The largest absolute Gasteiger partial charge is 0.495 e. The van der Waals surface area contributed by atoms with E-state index in [9.17, 15) is 9.59 Å². The quantitative estimate of drug-likeness (QED) is 0.602. The molecule has 0 saturated carbocycles. The van der Waals surface area contributed by atoms with Crippen molar-refractivity contribution in [2.45, 2.75) is 6.42 Å². The molecule has 0 spiro atoms. The fourth-order valence-electron chi connectivity index (χ4n) is 3.34. The first-order valence-corrected chi connectivity index (χ1v) is 10.7. The Hall–Kier alpha value is -3.17. The Morgan fingerprint density at radius 2 is 2.03 bits per heavy atom. The molecule has 1 saturated heterocycles. The lowest BCUT2D eigenvalue weighted by Crippen LogP contribution is -2.28. The van der Waals surface area contributed by atoms with Gasteiger partial charge in [-0.3, -0.25) is 14.6 Å². The number of pyridine rings is 1. The standard InChI is InChI=1S/C21H19ClN4O4S/c1-29-17-9-18(30-2)16(8-13(17)22)26-10-12(7-19(26)27)20(28)25-21-24-15(11-31-21)14-5-3-4-6-23-14/h3-6,8-9,11-12H,7,10H2,1-2H3,(H,24,25,28)/t12-/m0/s1. The summed E-state index contributed by atoms with van der Waals surface area (Å²) in [5, 5.41) is 5.45. The van der Waals surface area contributed by atoms with Crippen LogP contribution in [0.15, 0.2) is 41.9 Å². The predicted molar refractivity (Wildman–Crippen MR) is 119 cm³/mol. The van der Waals surface area contributed by atoms with Crippen molar-refractivity contribution >= 4 is 45.6 Å². The summed E-state index contributed by atoms with van der Waals surface area (Å²) < 4.78 is 10.6. The molecule has 8 nitrogen and oxygen atoms in total. The lowest BCUT2D eigenvalue weighted by Gasteiger charge is -2.20. The maximum absolute atomic E-state index is 12.8. The first-order valence-electron chi connectivity index (χ1n) is 9.40. The van der Waals surface area contributed by atoms with Crippen LogP contribution in [-0.2, 0) is 9.59 Å². The molecule has 2 amide bonds. The zero-order valence-electron chi connectivity index (χ0n) is 16.8.